The van der Waals surface area contributed by atoms with Crippen molar-refractivity contribution >= 4 is 17.6 Å². The van der Waals surface area contributed by atoms with Crippen LogP contribution >= 0.6 is 0 Å². The molecular weight excluding hydrogens is 402 g/mol. The van der Waals surface area contributed by atoms with E-state index in [0.29, 0.717) is 12.5 Å². The number of carbonyl (C=O) groups is 2. The second kappa shape index (κ2) is 8.22. The highest BCUT2D eigenvalue weighted by molar-refractivity contribution is 6.00. The zero-order chi connectivity index (χ0) is 22.4. The predicted octanol–water partition coefficient (Wildman–Crippen LogP) is 2.68. The van der Waals surface area contributed by atoms with Gasteiger partial charge in [-0.2, -0.15) is 0 Å². The summed E-state index contributed by atoms with van der Waals surface area (Å²) in [5.74, 6) is 0.281. The van der Waals surface area contributed by atoms with Crippen molar-refractivity contribution in [2.45, 2.75) is 45.3 Å². The first-order valence-corrected chi connectivity index (χ1v) is 11.5. The Morgan fingerprint density at radius 1 is 0.969 bits per heavy atom. The Kier molecular flexibility index (Phi) is 5.39. The highest BCUT2D eigenvalue weighted by Gasteiger charge is 2.56. The molecule has 7 nitrogen and oxygen atoms in total. The predicted molar refractivity (Wildman–Crippen MR) is 124 cm³/mol. The van der Waals surface area contributed by atoms with E-state index in [-0.39, 0.29) is 24.4 Å². The second-order valence-corrected chi connectivity index (χ2v) is 9.21. The van der Waals surface area contributed by atoms with Gasteiger partial charge in [0, 0.05) is 25.8 Å². The molecule has 0 aromatic heterocycles. The fourth-order valence-corrected chi connectivity index (χ4v) is 5.25. The summed E-state index contributed by atoms with van der Waals surface area (Å²) in [5.41, 5.74) is 3.39. The molecule has 5 rings (SSSR count). The van der Waals surface area contributed by atoms with Crippen LogP contribution in [0.3, 0.4) is 0 Å². The Labute approximate surface area is 189 Å². The summed E-state index contributed by atoms with van der Waals surface area (Å²) in [6.07, 6.45) is 0.548. The Bertz CT molecular complexity index is 995. The van der Waals surface area contributed by atoms with Crippen LogP contribution in [0.2, 0.25) is 0 Å². The van der Waals surface area contributed by atoms with Gasteiger partial charge in [-0.05, 0) is 35.6 Å². The summed E-state index contributed by atoms with van der Waals surface area (Å²) >= 11 is 0. The van der Waals surface area contributed by atoms with Crippen LogP contribution in [0.5, 0.6) is 0 Å². The van der Waals surface area contributed by atoms with Crippen LogP contribution in [0.15, 0.2) is 54.6 Å². The molecule has 168 valence electrons. The topological polar surface area (TPSA) is 59.1 Å². The van der Waals surface area contributed by atoms with Gasteiger partial charge >= 0.3 is 6.03 Å². The van der Waals surface area contributed by atoms with Gasteiger partial charge in [0.1, 0.15) is 18.5 Å². The smallest absolute Gasteiger partial charge is 0.328 e. The molecule has 3 aliphatic rings. The van der Waals surface area contributed by atoms with E-state index >= 15 is 0 Å². The molecule has 3 fully saturated rings. The van der Waals surface area contributed by atoms with Gasteiger partial charge in [0.05, 0.1) is 6.54 Å². The first-order chi connectivity index (χ1) is 15.5. The van der Waals surface area contributed by atoms with Crippen molar-refractivity contribution in [2.75, 3.05) is 25.0 Å². The van der Waals surface area contributed by atoms with Crippen LogP contribution in [0.1, 0.15) is 25.0 Å². The summed E-state index contributed by atoms with van der Waals surface area (Å²) in [6, 6.07) is 17.7. The fraction of sp³-hybridized carbons (Fsp3) is 0.440. The van der Waals surface area contributed by atoms with Gasteiger partial charge in [-0.3, -0.25) is 19.9 Å². The number of imide groups is 1. The summed E-state index contributed by atoms with van der Waals surface area (Å²) in [6.45, 7) is 6.39. The van der Waals surface area contributed by atoms with Crippen LogP contribution in [0.4, 0.5) is 10.5 Å². The molecule has 0 spiro atoms. The summed E-state index contributed by atoms with van der Waals surface area (Å²) < 4.78 is 0. The van der Waals surface area contributed by atoms with Crippen LogP contribution in [0, 0.1) is 5.92 Å². The third-order valence-corrected chi connectivity index (χ3v) is 6.95. The van der Waals surface area contributed by atoms with E-state index in [0.717, 1.165) is 30.8 Å². The standard InChI is InChI=1S/C25H31N5O2/c1-4-18-10-12-20(13-11-18)28-14-17(2)15-29-21-22(26-24(28)29)27(3)25(32)30(23(21)31)16-19-8-6-5-7-9-19/h5-13,17,21-22,24,26H,4,14-16H2,1-3H3. The molecule has 32 heavy (non-hydrogen) atoms. The lowest BCUT2D eigenvalue weighted by Gasteiger charge is -2.46. The summed E-state index contributed by atoms with van der Waals surface area (Å²) in [7, 11) is 1.79. The highest BCUT2D eigenvalue weighted by atomic mass is 16.2. The van der Waals surface area contributed by atoms with Crippen molar-refractivity contribution in [3.05, 3.63) is 65.7 Å². The maximum atomic E-state index is 13.6. The minimum Gasteiger partial charge on any atom is -0.343 e. The highest BCUT2D eigenvalue weighted by Crippen LogP contribution is 2.34. The number of hydrogen-bond donors (Lipinski definition) is 1. The molecule has 3 heterocycles. The van der Waals surface area contributed by atoms with Crippen molar-refractivity contribution in [3.63, 3.8) is 0 Å². The van der Waals surface area contributed by atoms with Gasteiger partial charge in [0.2, 0.25) is 0 Å². The number of likely N-dealkylation sites (N-methyl/N-ethyl adjacent to an activating group) is 1. The molecule has 0 bridgehead atoms. The average molecular weight is 434 g/mol. The Morgan fingerprint density at radius 3 is 2.38 bits per heavy atom. The van der Waals surface area contributed by atoms with Crippen molar-refractivity contribution < 1.29 is 9.59 Å². The van der Waals surface area contributed by atoms with E-state index in [1.54, 1.807) is 11.9 Å². The van der Waals surface area contributed by atoms with E-state index in [2.05, 4.69) is 53.2 Å². The molecule has 7 heteroatoms. The number of aryl methyl sites for hydroxylation is 1. The van der Waals surface area contributed by atoms with Gasteiger partial charge in [0.15, 0.2) is 0 Å². The molecule has 4 atom stereocenters. The number of urea groups is 1. The van der Waals surface area contributed by atoms with Crippen LogP contribution in [-0.4, -0.2) is 65.3 Å². The van der Waals surface area contributed by atoms with E-state index in [9.17, 15) is 9.59 Å². The monoisotopic (exact) mass is 433 g/mol. The third-order valence-electron chi connectivity index (χ3n) is 6.95. The molecule has 1 N–H and O–H groups in total. The second-order valence-electron chi connectivity index (χ2n) is 9.21. The van der Waals surface area contributed by atoms with Crippen molar-refractivity contribution in [2.24, 2.45) is 5.92 Å². The fourth-order valence-electron chi connectivity index (χ4n) is 5.25. The molecule has 3 saturated heterocycles. The Balaban J connectivity index is 1.45. The molecule has 0 saturated carbocycles. The number of benzene rings is 2. The van der Waals surface area contributed by atoms with Crippen LogP contribution in [0.25, 0.3) is 0 Å². The lowest BCUT2D eigenvalue weighted by molar-refractivity contribution is -0.139. The number of carbonyl (C=O) groups excluding carboxylic acids is 2. The Hall–Kier alpha value is -2.90. The maximum Gasteiger partial charge on any atom is 0.328 e. The molecule has 2 aromatic carbocycles. The zero-order valence-electron chi connectivity index (χ0n) is 18.9. The summed E-state index contributed by atoms with van der Waals surface area (Å²) in [5, 5.41) is 3.60. The molecule has 2 aromatic rings. The largest absolute Gasteiger partial charge is 0.343 e. The van der Waals surface area contributed by atoms with Crippen LogP contribution in [-0.2, 0) is 17.8 Å². The summed E-state index contributed by atoms with van der Waals surface area (Å²) in [4.78, 5) is 34.4. The van der Waals surface area contributed by atoms with E-state index in [1.165, 1.54) is 10.5 Å². The van der Waals surface area contributed by atoms with Crippen molar-refractivity contribution in [1.29, 1.82) is 0 Å². The molecule has 3 amide bonds. The quantitative estimate of drug-likeness (QED) is 0.804. The first-order valence-electron chi connectivity index (χ1n) is 11.5. The van der Waals surface area contributed by atoms with Crippen molar-refractivity contribution in [3.8, 4) is 0 Å². The number of fused-ring (bicyclic) bond motifs is 3. The molecular formula is C25H31N5O2. The zero-order valence-corrected chi connectivity index (χ0v) is 18.9. The van der Waals surface area contributed by atoms with Gasteiger partial charge in [0.25, 0.3) is 5.91 Å². The lowest BCUT2D eigenvalue weighted by Crippen LogP contribution is -2.66. The molecule has 0 aliphatic carbocycles. The maximum absolute atomic E-state index is 13.6. The normalized spacial score (nSPS) is 28.2. The van der Waals surface area contributed by atoms with Gasteiger partial charge in [-0.25, -0.2) is 4.79 Å². The number of hydrogen-bond acceptors (Lipinski definition) is 5. The molecule has 0 radical (unpaired) electrons. The minimum absolute atomic E-state index is 0.118. The average Bonchev–Trinajstić information content (AvgIpc) is 3.20. The van der Waals surface area contributed by atoms with E-state index in [1.807, 2.05) is 30.3 Å². The van der Waals surface area contributed by atoms with E-state index in [4.69, 9.17) is 0 Å². The third kappa shape index (κ3) is 3.45. The first kappa shape index (κ1) is 21.0. The minimum atomic E-state index is -0.397. The SMILES string of the molecule is CCc1ccc(N2CC(C)CN3C4C(=O)N(Cc5ccccc5)C(=O)N(C)C4NC23)cc1. The molecule has 3 aliphatic heterocycles. The van der Waals surface area contributed by atoms with Crippen molar-refractivity contribution in [1.82, 2.24) is 20.0 Å². The number of nitrogens with zero attached hydrogens (tertiary/aromatic N) is 4. The van der Waals surface area contributed by atoms with Crippen LogP contribution < -0.4 is 10.2 Å². The Morgan fingerprint density at radius 2 is 1.69 bits per heavy atom. The lowest BCUT2D eigenvalue weighted by atomic mass is 10.0. The number of nitrogens with one attached hydrogen (secondary N) is 1. The number of amides is 3. The van der Waals surface area contributed by atoms with E-state index < -0.39 is 6.04 Å². The number of rotatable bonds is 4. The van der Waals surface area contributed by atoms with Gasteiger partial charge < -0.3 is 9.80 Å². The molecule has 4 unspecified atom stereocenters. The van der Waals surface area contributed by atoms with Gasteiger partial charge in [-0.15, -0.1) is 0 Å². The number of anilines is 1. The van der Waals surface area contributed by atoms with Gasteiger partial charge in [-0.1, -0.05) is 56.3 Å².